The lowest BCUT2D eigenvalue weighted by Gasteiger charge is -2.22. The molecule has 2 nitrogen and oxygen atoms in total. The van der Waals surface area contributed by atoms with Gasteiger partial charge in [0, 0.05) is 0 Å². The monoisotopic (exact) mass is 298 g/mol. The standard InChI is InChI=1S/C19H38O2/c1-5-7-9-11-12-13-15-17-21-18(20)19(3,4)16-14-10-8-6-2/h5-17H2,1-4H3. The van der Waals surface area contributed by atoms with Crippen LogP contribution in [0.25, 0.3) is 0 Å². The normalized spacial score (nSPS) is 11.6. The van der Waals surface area contributed by atoms with E-state index in [9.17, 15) is 4.79 Å². The topological polar surface area (TPSA) is 26.3 Å². The fourth-order valence-corrected chi connectivity index (χ4v) is 2.52. The minimum absolute atomic E-state index is 0.00928. The SMILES string of the molecule is CCCCCCCCCOC(=O)C(C)(C)CCCCCC. The number of carbonyl (C=O) groups is 1. The van der Waals surface area contributed by atoms with Crippen LogP contribution in [0.5, 0.6) is 0 Å². The van der Waals surface area contributed by atoms with E-state index < -0.39 is 0 Å². The van der Waals surface area contributed by atoms with Gasteiger partial charge in [0.25, 0.3) is 0 Å². The minimum Gasteiger partial charge on any atom is -0.465 e. The molecule has 0 aromatic rings. The van der Waals surface area contributed by atoms with Gasteiger partial charge in [0.1, 0.15) is 0 Å². The van der Waals surface area contributed by atoms with Crippen LogP contribution >= 0.6 is 0 Å². The van der Waals surface area contributed by atoms with Crippen LogP contribution in [-0.2, 0) is 9.53 Å². The van der Waals surface area contributed by atoms with Gasteiger partial charge < -0.3 is 4.74 Å². The van der Waals surface area contributed by atoms with Crippen molar-refractivity contribution >= 4 is 5.97 Å². The Bertz CT molecular complexity index is 246. The third-order valence-corrected chi connectivity index (χ3v) is 4.19. The molecule has 0 unspecified atom stereocenters. The Morgan fingerprint density at radius 2 is 1.24 bits per heavy atom. The third kappa shape index (κ3) is 11.8. The van der Waals surface area contributed by atoms with Gasteiger partial charge in [-0.25, -0.2) is 0 Å². The van der Waals surface area contributed by atoms with E-state index in [1.54, 1.807) is 0 Å². The molecule has 0 N–H and O–H groups in total. The van der Waals surface area contributed by atoms with Gasteiger partial charge in [-0.1, -0.05) is 78.1 Å². The lowest BCUT2D eigenvalue weighted by molar-refractivity contribution is -0.154. The number of ether oxygens (including phenoxy) is 1. The highest BCUT2D eigenvalue weighted by Crippen LogP contribution is 2.25. The first-order valence-corrected chi connectivity index (χ1v) is 9.21. The zero-order valence-corrected chi connectivity index (χ0v) is 15.0. The molecular formula is C19H38O2. The van der Waals surface area contributed by atoms with Gasteiger partial charge in [0.15, 0.2) is 0 Å². The summed E-state index contributed by atoms with van der Waals surface area (Å²) >= 11 is 0. The fourth-order valence-electron chi connectivity index (χ4n) is 2.52. The largest absolute Gasteiger partial charge is 0.465 e. The molecule has 0 rings (SSSR count). The number of unbranched alkanes of at least 4 members (excludes halogenated alkanes) is 9. The molecule has 0 spiro atoms. The number of carbonyl (C=O) groups excluding carboxylic acids is 1. The van der Waals surface area contributed by atoms with Gasteiger partial charge >= 0.3 is 5.97 Å². The first-order chi connectivity index (χ1) is 10.0. The lowest BCUT2D eigenvalue weighted by Crippen LogP contribution is -2.27. The molecule has 0 heterocycles. The molecule has 0 aromatic heterocycles. The lowest BCUT2D eigenvalue weighted by atomic mass is 9.87. The summed E-state index contributed by atoms with van der Waals surface area (Å²) in [6.07, 6.45) is 14.6. The fraction of sp³-hybridized carbons (Fsp3) is 0.947. The van der Waals surface area contributed by atoms with Crippen molar-refractivity contribution in [2.45, 2.75) is 105 Å². The molecule has 21 heavy (non-hydrogen) atoms. The molecular weight excluding hydrogens is 260 g/mol. The smallest absolute Gasteiger partial charge is 0.311 e. The Kier molecular flexibility index (Phi) is 12.8. The number of esters is 1. The molecule has 0 bridgehead atoms. The molecule has 126 valence electrons. The number of hydrogen-bond donors (Lipinski definition) is 0. The van der Waals surface area contributed by atoms with Crippen LogP contribution in [0.4, 0.5) is 0 Å². The van der Waals surface area contributed by atoms with Gasteiger partial charge in [-0.15, -0.1) is 0 Å². The molecule has 0 aliphatic heterocycles. The van der Waals surface area contributed by atoms with E-state index in [4.69, 9.17) is 4.74 Å². The maximum absolute atomic E-state index is 12.1. The van der Waals surface area contributed by atoms with E-state index in [2.05, 4.69) is 13.8 Å². The summed E-state index contributed by atoms with van der Waals surface area (Å²) in [4.78, 5) is 12.1. The zero-order chi connectivity index (χ0) is 16.0. The highest BCUT2D eigenvalue weighted by molar-refractivity contribution is 5.75. The van der Waals surface area contributed by atoms with Crippen LogP contribution in [-0.4, -0.2) is 12.6 Å². The summed E-state index contributed by atoms with van der Waals surface area (Å²) in [6.45, 7) is 9.09. The molecule has 0 saturated carbocycles. The van der Waals surface area contributed by atoms with Crippen molar-refractivity contribution in [3.05, 3.63) is 0 Å². The Morgan fingerprint density at radius 3 is 1.81 bits per heavy atom. The van der Waals surface area contributed by atoms with Crippen molar-refractivity contribution in [2.75, 3.05) is 6.61 Å². The predicted octanol–water partition coefficient (Wildman–Crippen LogP) is 6.28. The third-order valence-electron chi connectivity index (χ3n) is 4.19. The second kappa shape index (κ2) is 13.2. The van der Waals surface area contributed by atoms with Crippen LogP contribution in [0, 0.1) is 5.41 Å². The predicted molar refractivity (Wildman–Crippen MR) is 91.5 cm³/mol. The van der Waals surface area contributed by atoms with Gasteiger partial charge in [-0.3, -0.25) is 4.79 Å². The van der Waals surface area contributed by atoms with Crippen molar-refractivity contribution in [2.24, 2.45) is 5.41 Å². The first kappa shape index (κ1) is 20.5. The second-order valence-corrected chi connectivity index (χ2v) is 6.95. The quantitative estimate of drug-likeness (QED) is 0.279. The number of rotatable bonds is 14. The van der Waals surface area contributed by atoms with E-state index in [1.807, 2.05) is 13.8 Å². The first-order valence-electron chi connectivity index (χ1n) is 9.21. The van der Waals surface area contributed by atoms with Gasteiger partial charge in [-0.2, -0.15) is 0 Å². The van der Waals surface area contributed by atoms with E-state index in [1.165, 1.54) is 57.8 Å². The molecule has 0 amide bonds. The van der Waals surface area contributed by atoms with Crippen molar-refractivity contribution in [1.29, 1.82) is 0 Å². The summed E-state index contributed by atoms with van der Waals surface area (Å²) in [5.74, 6) is -0.00928. The summed E-state index contributed by atoms with van der Waals surface area (Å²) in [5, 5.41) is 0. The Hall–Kier alpha value is -0.530. The highest BCUT2D eigenvalue weighted by atomic mass is 16.5. The van der Waals surface area contributed by atoms with Crippen LogP contribution in [0.2, 0.25) is 0 Å². The van der Waals surface area contributed by atoms with Gasteiger partial charge in [0.2, 0.25) is 0 Å². The summed E-state index contributed by atoms with van der Waals surface area (Å²) < 4.78 is 5.45. The van der Waals surface area contributed by atoms with E-state index in [0.29, 0.717) is 6.61 Å². The van der Waals surface area contributed by atoms with Crippen LogP contribution in [0.1, 0.15) is 105 Å². The van der Waals surface area contributed by atoms with Crippen molar-refractivity contribution in [1.82, 2.24) is 0 Å². The summed E-state index contributed by atoms with van der Waals surface area (Å²) in [5.41, 5.74) is -0.311. The Balaban J connectivity index is 3.58. The Morgan fingerprint density at radius 1 is 0.762 bits per heavy atom. The van der Waals surface area contributed by atoms with E-state index >= 15 is 0 Å². The van der Waals surface area contributed by atoms with Crippen molar-refractivity contribution < 1.29 is 9.53 Å². The molecule has 0 fully saturated rings. The molecule has 0 aromatic carbocycles. The molecule has 0 radical (unpaired) electrons. The molecule has 0 atom stereocenters. The van der Waals surface area contributed by atoms with Crippen LogP contribution in [0.3, 0.4) is 0 Å². The number of hydrogen-bond acceptors (Lipinski definition) is 2. The van der Waals surface area contributed by atoms with Crippen molar-refractivity contribution in [3.63, 3.8) is 0 Å². The molecule has 2 heteroatoms. The average molecular weight is 299 g/mol. The zero-order valence-electron chi connectivity index (χ0n) is 15.0. The van der Waals surface area contributed by atoms with E-state index in [-0.39, 0.29) is 11.4 Å². The van der Waals surface area contributed by atoms with Gasteiger partial charge in [0.05, 0.1) is 12.0 Å². The second-order valence-electron chi connectivity index (χ2n) is 6.95. The maximum Gasteiger partial charge on any atom is 0.311 e. The molecule has 0 aliphatic carbocycles. The van der Waals surface area contributed by atoms with Crippen LogP contribution < -0.4 is 0 Å². The van der Waals surface area contributed by atoms with E-state index in [0.717, 1.165) is 19.3 Å². The highest BCUT2D eigenvalue weighted by Gasteiger charge is 2.28. The maximum atomic E-state index is 12.1. The van der Waals surface area contributed by atoms with Crippen LogP contribution in [0.15, 0.2) is 0 Å². The Labute approximate surface area is 133 Å². The molecule has 0 saturated heterocycles. The van der Waals surface area contributed by atoms with Crippen molar-refractivity contribution in [3.8, 4) is 0 Å². The van der Waals surface area contributed by atoms with Gasteiger partial charge in [-0.05, 0) is 26.7 Å². The molecule has 0 aliphatic rings. The summed E-state index contributed by atoms with van der Waals surface area (Å²) in [7, 11) is 0. The minimum atomic E-state index is -0.311. The summed E-state index contributed by atoms with van der Waals surface area (Å²) in [6, 6.07) is 0. The average Bonchev–Trinajstić information content (AvgIpc) is 2.46.